The van der Waals surface area contributed by atoms with Gasteiger partial charge in [-0.3, -0.25) is 9.36 Å². The minimum Gasteiger partial charge on any atom is -0.465 e. The van der Waals surface area contributed by atoms with Crippen LogP contribution < -0.4 is 5.32 Å². The van der Waals surface area contributed by atoms with Crippen LogP contribution in [0.2, 0.25) is 0 Å². The number of nitrogens with one attached hydrogen (secondary N) is 1. The standard InChI is InChI=1S/C21H25F2N5O4S.C16H17F2N5O2S.ClH/c1-5-27-12-15(9-25-27)33(31,32)28-11-14(10-26(20(29)30)13-21(2,3)4)17(22)18(28)16-7-6-8-24-19(16)23;1-3-22-10-12(8-21-22)26(24,25)23-9-11(7-19-2)14(17)15(23)13-5-4-6-20-16(13)18;/h6-9,11-12H,5,10,13H2,1-4H3,(H,29,30);4-6,8-10,19H,3,7H2,1-2H3;1H. The molecule has 324 valence electrons. The first-order chi connectivity index (χ1) is 27.7. The van der Waals surface area contributed by atoms with Gasteiger partial charge in [0.05, 0.1) is 30.1 Å². The van der Waals surface area contributed by atoms with Crippen LogP contribution in [0.3, 0.4) is 0 Å². The van der Waals surface area contributed by atoms with Crippen LogP contribution in [0.1, 0.15) is 45.7 Å². The first-order valence-electron chi connectivity index (χ1n) is 17.9. The molecule has 6 aromatic heterocycles. The summed E-state index contributed by atoms with van der Waals surface area (Å²) < 4.78 is 116. The van der Waals surface area contributed by atoms with E-state index in [1.807, 2.05) is 20.8 Å². The third kappa shape index (κ3) is 9.88. The van der Waals surface area contributed by atoms with Gasteiger partial charge in [-0.1, -0.05) is 20.8 Å². The van der Waals surface area contributed by atoms with Crippen LogP contribution in [0.5, 0.6) is 0 Å². The molecule has 0 unspecified atom stereocenters. The number of aromatic nitrogens is 8. The summed E-state index contributed by atoms with van der Waals surface area (Å²) in [4.78, 5) is 19.4. The summed E-state index contributed by atoms with van der Waals surface area (Å²) in [6.45, 7) is 9.63. The van der Waals surface area contributed by atoms with Crippen molar-refractivity contribution < 1.29 is 44.3 Å². The molecule has 16 nitrogen and oxygen atoms in total. The summed E-state index contributed by atoms with van der Waals surface area (Å²) in [6, 6.07) is 5.25. The molecule has 0 aromatic carbocycles. The zero-order chi connectivity index (χ0) is 43.4. The normalized spacial score (nSPS) is 11.8. The van der Waals surface area contributed by atoms with Gasteiger partial charge in [0.2, 0.25) is 11.9 Å². The maximum absolute atomic E-state index is 15.6. The SMILES string of the molecule is CCn1cc(S(=O)(=O)n2cc(CN(CC(C)(C)C)C(=O)O)c(F)c2-c2cccnc2F)cn1.CCn1cc(S(=O)(=O)n2cc(CNC)c(F)c2-c2cccnc2F)cn1.Cl. The first-order valence-corrected chi connectivity index (χ1v) is 20.8. The van der Waals surface area contributed by atoms with Crippen molar-refractivity contribution in [3.63, 3.8) is 0 Å². The lowest BCUT2D eigenvalue weighted by molar-refractivity contribution is 0.122. The number of halogens is 5. The molecule has 0 aliphatic carbocycles. The molecule has 6 heterocycles. The van der Waals surface area contributed by atoms with E-state index in [1.165, 1.54) is 58.4 Å². The molecule has 0 spiro atoms. The lowest BCUT2D eigenvalue weighted by Crippen LogP contribution is -2.36. The van der Waals surface area contributed by atoms with Gasteiger partial charge in [0.15, 0.2) is 11.6 Å². The van der Waals surface area contributed by atoms with Crippen LogP contribution in [0, 0.1) is 28.9 Å². The molecule has 60 heavy (non-hydrogen) atoms. The predicted molar refractivity (Wildman–Crippen MR) is 214 cm³/mol. The van der Waals surface area contributed by atoms with E-state index < -0.39 is 73.0 Å². The molecule has 0 radical (unpaired) electrons. The molecular formula is C37H43ClF4N10O6S2. The van der Waals surface area contributed by atoms with Gasteiger partial charge < -0.3 is 15.3 Å². The molecule has 0 saturated heterocycles. The van der Waals surface area contributed by atoms with E-state index in [4.69, 9.17) is 0 Å². The summed E-state index contributed by atoms with van der Waals surface area (Å²) in [5, 5.41) is 20.2. The Balaban J connectivity index is 0.000000267. The van der Waals surface area contributed by atoms with E-state index in [1.54, 1.807) is 20.9 Å². The number of nitrogens with zero attached hydrogens (tertiary/aromatic N) is 9. The minimum absolute atomic E-state index is 0. The van der Waals surface area contributed by atoms with E-state index >= 15 is 4.39 Å². The lowest BCUT2D eigenvalue weighted by atomic mass is 9.96. The largest absolute Gasteiger partial charge is 0.465 e. The highest BCUT2D eigenvalue weighted by molar-refractivity contribution is 7.90. The number of hydrogen-bond donors (Lipinski definition) is 2. The van der Waals surface area contributed by atoms with Crippen LogP contribution in [-0.2, 0) is 46.2 Å². The maximum Gasteiger partial charge on any atom is 0.407 e. The Morgan fingerprint density at radius 3 is 1.57 bits per heavy atom. The fourth-order valence-electron chi connectivity index (χ4n) is 5.92. The quantitative estimate of drug-likeness (QED) is 0.0987. The molecule has 23 heteroatoms. The second kappa shape index (κ2) is 18.8. The van der Waals surface area contributed by atoms with Crippen molar-refractivity contribution in [1.82, 2.24) is 47.7 Å². The molecule has 0 fully saturated rings. The Hall–Kier alpha value is -5.58. The van der Waals surface area contributed by atoms with Crippen molar-refractivity contribution in [3.05, 3.63) is 108 Å². The Morgan fingerprint density at radius 1 is 0.767 bits per heavy atom. The van der Waals surface area contributed by atoms with Gasteiger partial charge in [0, 0.05) is 74.5 Å². The van der Waals surface area contributed by atoms with Crippen LogP contribution in [0.15, 0.2) is 83.6 Å². The number of carboxylic acid groups (broad SMARTS) is 1. The fourth-order valence-corrected chi connectivity index (χ4v) is 8.62. The van der Waals surface area contributed by atoms with E-state index in [0.29, 0.717) is 17.1 Å². The summed E-state index contributed by atoms with van der Waals surface area (Å²) in [5.74, 6) is -3.89. The van der Waals surface area contributed by atoms with Crippen molar-refractivity contribution in [2.75, 3.05) is 13.6 Å². The van der Waals surface area contributed by atoms with Crippen LogP contribution in [-0.4, -0.2) is 84.0 Å². The molecule has 0 saturated carbocycles. The second-order valence-corrected chi connectivity index (χ2v) is 17.8. The molecule has 6 aromatic rings. The van der Waals surface area contributed by atoms with Crippen LogP contribution in [0.25, 0.3) is 22.5 Å². The van der Waals surface area contributed by atoms with Gasteiger partial charge in [0.1, 0.15) is 21.2 Å². The van der Waals surface area contributed by atoms with Crippen LogP contribution >= 0.6 is 12.4 Å². The van der Waals surface area contributed by atoms with Gasteiger partial charge in [-0.05, 0) is 50.6 Å². The number of hydrogen-bond acceptors (Lipinski definition) is 10. The molecular weight excluding hydrogens is 856 g/mol. The van der Waals surface area contributed by atoms with Crippen molar-refractivity contribution in [2.45, 2.75) is 70.6 Å². The highest BCUT2D eigenvalue weighted by atomic mass is 35.5. The second-order valence-electron chi connectivity index (χ2n) is 14.2. The molecule has 6 rings (SSSR count). The van der Waals surface area contributed by atoms with Crippen molar-refractivity contribution in [1.29, 1.82) is 0 Å². The maximum atomic E-state index is 15.6. The Bertz CT molecular complexity index is 2690. The number of carbonyl (C=O) groups is 1. The van der Waals surface area contributed by atoms with Gasteiger partial charge in [-0.25, -0.2) is 48.3 Å². The number of amides is 1. The third-order valence-corrected chi connectivity index (χ3v) is 11.9. The van der Waals surface area contributed by atoms with E-state index in [2.05, 4.69) is 25.5 Å². The smallest absolute Gasteiger partial charge is 0.407 e. The summed E-state index contributed by atoms with van der Waals surface area (Å²) in [7, 11) is -6.96. The molecule has 0 bridgehead atoms. The lowest BCUT2D eigenvalue weighted by Gasteiger charge is -2.27. The average molecular weight is 899 g/mol. The number of aryl methyl sites for hydroxylation is 2. The van der Waals surface area contributed by atoms with Gasteiger partial charge >= 0.3 is 6.09 Å². The van der Waals surface area contributed by atoms with E-state index in [-0.39, 0.29) is 57.5 Å². The Kier molecular flexibility index (Phi) is 14.7. The summed E-state index contributed by atoms with van der Waals surface area (Å²) in [6.07, 6.45) is 8.10. The minimum atomic E-state index is -4.38. The molecule has 0 atom stereocenters. The monoisotopic (exact) mass is 898 g/mol. The zero-order valence-electron chi connectivity index (χ0n) is 33.2. The number of pyridine rings is 2. The van der Waals surface area contributed by atoms with Gasteiger partial charge in [-0.2, -0.15) is 19.0 Å². The molecule has 1 amide bonds. The Morgan fingerprint density at radius 2 is 1.20 bits per heavy atom. The van der Waals surface area contributed by atoms with Gasteiger partial charge in [0.25, 0.3) is 20.0 Å². The third-order valence-electron chi connectivity index (χ3n) is 8.64. The summed E-state index contributed by atoms with van der Waals surface area (Å²) >= 11 is 0. The van der Waals surface area contributed by atoms with Crippen molar-refractivity contribution in [2.24, 2.45) is 5.41 Å². The first kappa shape index (κ1) is 47.1. The van der Waals surface area contributed by atoms with E-state index in [9.17, 15) is 39.9 Å². The fraction of sp³-hybridized carbons (Fsp3) is 0.324. The number of rotatable bonds is 13. The highest BCUT2D eigenvalue weighted by Gasteiger charge is 2.32. The predicted octanol–water partition coefficient (Wildman–Crippen LogP) is 6.23. The zero-order valence-corrected chi connectivity index (χ0v) is 35.7. The van der Waals surface area contributed by atoms with Gasteiger partial charge in [-0.15, -0.1) is 12.4 Å². The van der Waals surface area contributed by atoms with E-state index in [0.717, 1.165) is 33.7 Å². The van der Waals surface area contributed by atoms with Crippen molar-refractivity contribution in [3.8, 4) is 22.5 Å². The molecule has 0 aliphatic rings. The topological polar surface area (TPSA) is 192 Å². The van der Waals surface area contributed by atoms with Crippen molar-refractivity contribution >= 4 is 38.5 Å². The molecule has 2 N–H and O–H groups in total. The average Bonchev–Trinajstić information content (AvgIpc) is 3.99. The summed E-state index contributed by atoms with van der Waals surface area (Å²) in [5.41, 5.74) is -2.13. The highest BCUT2D eigenvalue weighted by Crippen LogP contribution is 2.34. The van der Waals surface area contributed by atoms with Crippen LogP contribution in [0.4, 0.5) is 22.4 Å². The Labute approximate surface area is 350 Å². The molecule has 0 aliphatic heterocycles.